The number of hydrogen-bond acceptors (Lipinski definition) is 2. The molecular formula is C18H23NO2. The van der Waals surface area contributed by atoms with E-state index in [4.69, 9.17) is 4.74 Å². The zero-order valence-electron chi connectivity index (χ0n) is 12.8. The molecule has 1 N–H and O–H groups in total. The van der Waals surface area contributed by atoms with Crippen LogP contribution in [0.3, 0.4) is 0 Å². The molecule has 1 aromatic carbocycles. The number of benzene rings is 1. The van der Waals surface area contributed by atoms with Gasteiger partial charge >= 0.3 is 0 Å². The van der Waals surface area contributed by atoms with Gasteiger partial charge < -0.3 is 10.1 Å². The van der Waals surface area contributed by atoms with Crippen molar-refractivity contribution in [1.29, 1.82) is 0 Å². The van der Waals surface area contributed by atoms with Crippen LogP contribution in [0, 0.1) is 5.92 Å². The van der Waals surface area contributed by atoms with E-state index in [2.05, 4.69) is 24.4 Å². The van der Waals surface area contributed by atoms with E-state index in [0.29, 0.717) is 12.1 Å². The van der Waals surface area contributed by atoms with Crippen LogP contribution in [0.25, 0.3) is 5.57 Å². The first-order chi connectivity index (χ1) is 10.2. The van der Waals surface area contributed by atoms with Gasteiger partial charge in [-0.15, -0.1) is 0 Å². The van der Waals surface area contributed by atoms with Crippen LogP contribution >= 0.6 is 0 Å². The van der Waals surface area contributed by atoms with Crippen LogP contribution in [0.4, 0.5) is 0 Å². The summed E-state index contributed by atoms with van der Waals surface area (Å²) in [5.74, 6) is 0.166. The van der Waals surface area contributed by atoms with E-state index in [9.17, 15) is 4.79 Å². The second-order valence-electron chi connectivity index (χ2n) is 6.11. The molecule has 3 heteroatoms. The summed E-state index contributed by atoms with van der Waals surface area (Å²) in [6.07, 6.45) is 4.51. The zero-order valence-corrected chi connectivity index (χ0v) is 12.8. The van der Waals surface area contributed by atoms with Gasteiger partial charge in [-0.05, 0) is 43.7 Å². The lowest BCUT2D eigenvalue weighted by atomic mass is 9.92. The molecule has 1 fully saturated rings. The summed E-state index contributed by atoms with van der Waals surface area (Å²) in [5, 5.41) is 3.22. The van der Waals surface area contributed by atoms with Crippen LogP contribution in [-0.4, -0.2) is 25.2 Å². The molecule has 1 amide bonds. The molecule has 3 rings (SSSR count). The van der Waals surface area contributed by atoms with Crippen molar-refractivity contribution in [3.05, 3.63) is 41.5 Å². The molecule has 0 radical (unpaired) electrons. The molecule has 1 unspecified atom stereocenters. The van der Waals surface area contributed by atoms with Crippen LogP contribution in [-0.2, 0) is 9.53 Å². The molecule has 2 aliphatic rings. The molecule has 0 spiro atoms. The maximum Gasteiger partial charge on any atom is 0.231 e. The Balaban J connectivity index is 1.54. The number of methoxy groups -OCH3 is 1. The maximum atomic E-state index is 12.4. The lowest BCUT2D eigenvalue weighted by Gasteiger charge is -2.28. The quantitative estimate of drug-likeness (QED) is 0.923. The summed E-state index contributed by atoms with van der Waals surface area (Å²) in [6.45, 7) is 2.06. The predicted octanol–water partition coefficient (Wildman–Crippen LogP) is 3.16. The first-order valence-electron chi connectivity index (χ1n) is 7.80. The van der Waals surface area contributed by atoms with Gasteiger partial charge in [0.15, 0.2) is 0 Å². The highest BCUT2D eigenvalue weighted by Crippen LogP contribution is 2.46. The van der Waals surface area contributed by atoms with Gasteiger partial charge in [-0.1, -0.05) is 35.9 Å². The summed E-state index contributed by atoms with van der Waals surface area (Å²) in [4.78, 5) is 12.4. The van der Waals surface area contributed by atoms with E-state index in [1.807, 2.05) is 18.2 Å². The van der Waals surface area contributed by atoms with Crippen LogP contribution in [0.15, 0.2) is 35.9 Å². The number of carbonyl (C=O) groups is 1. The zero-order chi connectivity index (χ0) is 14.8. The van der Waals surface area contributed by atoms with Crippen molar-refractivity contribution in [2.45, 2.75) is 44.8 Å². The molecule has 1 aromatic rings. The highest BCUT2D eigenvalue weighted by atomic mass is 16.5. The van der Waals surface area contributed by atoms with Gasteiger partial charge in [0.1, 0.15) is 0 Å². The van der Waals surface area contributed by atoms with E-state index < -0.39 is 0 Å². The van der Waals surface area contributed by atoms with E-state index >= 15 is 0 Å². The summed E-state index contributed by atoms with van der Waals surface area (Å²) in [5.41, 5.74) is 3.60. The Morgan fingerprint density at radius 3 is 2.43 bits per heavy atom. The Hall–Kier alpha value is -1.61. The standard InChI is InChI=1S/C18H23NO2/c1-12-16(13-6-4-3-5-7-13)17(12)18(20)19-14-8-10-15(21-2)11-9-14/h3-7,14-15,17H,8-11H2,1-2H3,(H,19,20). The van der Waals surface area contributed by atoms with Crippen molar-refractivity contribution in [2.75, 3.05) is 7.11 Å². The topological polar surface area (TPSA) is 38.3 Å². The Labute approximate surface area is 126 Å². The second kappa shape index (κ2) is 6.02. The summed E-state index contributed by atoms with van der Waals surface area (Å²) < 4.78 is 5.38. The highest BCUT2D eigenvalue weighted by Gasteiger charge is 2.40. The van der Waals surface area contributed by atoms with E-state index in [-0.39, 0.29) is 11.8 Å². The highest BCUT2D eigenvalue weighted by molar-refractivity contribution is 6.05. The number of hydrogen-bond donors (Lipinski definition) is 1. The molecule has 112 valence electrons. The third-order valence-electron chi connectivity index (χ3n) is 4.76. The minimum atomic E-state index is -0.00690. The fourth-order valence-electron chi connectivity index (χ4n) is 3.40. The lowest BCUT2D eigenvalue weighted by Crippen LogP contribution is -2.40. The molecule has 21 heavy (non-hydrogen) atoms. The van der Waals surface area contributed by atoms with Gasteiger partial charge in [-0.2, -0.15) is 0 Å². The molecule has 1 atom stereocenters. The lowest BCUT2D eigenvalue weighted by molar-refractivity contribution is -0.122. The summed E-state index contributed by atoms with van der Waals surface area (Å²) in [6, 6.07) is 10.5. The van der Waals surface area contributed by atoms with Gasteiger partial charge in [0, 0.05) is 13.2 Å². The van der Waals surface area contributed by atoms with Gasteiger partial charge in [0.05, 0.1) is 12.0 Å². The van der Waals surface area contributed by atoms with Crippen molar-refractivity contribution in [2.24, 2.45) is 5.92 Å². The van der Waals surface area contributed by atoms with Crippen LogP contribution in [0.1, 0.15) is 38.2 Å². The molecule has 0 aliphatic heterocycles. The normalized spacial score (nSPS) is 28.4. The summed E-state index contributed by atoms with van der Waals surface area (Å²) in [7, 11) is 1.77. The van der Waals surface area contributed by atoms with E-state index in [1.165, 1.54) is 16.7 Å². The van der Waals surface area contributed by atoms with Gasteiger partial charge in [-0.25, -0.2) is 0 Å². The molecule has 1 saturated carbocycles. The van der Waals surface area contributed by atoms with Crippen LogP contribution in [0.2, 0.25) is 0 Å². The molecule has 0 aromatic heterocycles. The smallest absolute Gasteiger partial charge is 0.231 e. The van der Waals surface area contributed by atoms with Crippen molar-refractivity contribution in [3.63, 3.8) is 0 Å². The summed E-state index contributed by atoms with van der Waals surface area (Å²) >= 11 is 0. The predicted molar refractivity (Wildman–Crippen MR) is 83.7 cm³/mol. The molecule has 2 aliphatic carbocycles. The second-order valence-corrected chi connectivity index (χ2v) is 6.11. The number of amides is 1. The van der Waals surface area contributed by atoms with Crippen LogP contribution < -0.4 is 5.32 Å². The van der Waals surface area contributed by atoms with E-state index in [0.717, 1.165) is 25.7 Å². The van der Waals surface area contributed by atoms with Crippen molar-refractivity contribution < 1.29 is 9.53 Å². The molecule has 0 bridgehead atoms. The average Bonchev–Trinajstić information content (AvgIpc) is 3.20. The Morgan fingerprint density at radius 2 is 1.81 bits per heavy atom. The van der Waals surface area contributed by atoms with E-state index in [1.54, 1.807) is 7.11 Å². The Kier molecular flexibility index (Phi) is 4.11. The fourth-order valence-corrected chi connectivity index (χ4v) is 3.40. The minimum Gasteiger partial charge on any atom is -0.381 e. The Bertz CT molecular complexity index is 542. The number of nitrogens with one attached hydrogen (secondary N) is 1. The van der Waals surface area contributed by atoms with Crippen LogP contribution in [0.5, 0.6) is 0 Å². The largest absolute Gasteiger partial charge is 0.381 e. The van der Waals surface area contributed by atoms with Gasteiger partial charge in [0.25, 0.3) is 0 Å². The number of rotatable bonds is 4. The van der Waals surface area contributed by atoms with Crippen molar-refractivity contribution in [3.8, 4) is 0 Å². The first kappa shape index (κ1) is 14.3. The van der Waals surface area contributed by atoms with Crippen molar-refractivity contribution in [1.82, 2.24) is 5.32 Å². The SMILES string of the molecule is COC1CCC(NC(=O)C2C(C)=C2c2ccccc2)CC1. The Morgan fingerprint density at radius 1 is 1.14 bits per heavy atom. The molecule has 3 nitrogen and oxygen atoms in total. The first-order valence-corrected chi connectivity index (χ1v) is 7.80. The van der Waals surface area contributed by atoms with Gasteiger partial charge in [0.2, 0.25) is 5.91 Å². The third kappa shape index (κ3) is 3.03. The van der Waals surface area contributed by atoms with Crippen molar-refractivity contribution >= 4 is 11.5 Å². The minimum absolute atomic E-state index is 0.00690. The maximum absolute atomic E-state index is 12.4. The fraction of sp³-hybridized carbons (Fsp3) is 0.500. The third-order valence-corrected chi connectivity index (χ3v) is 4.76. The van der Waals surface area contributed by atoms with Gasteiger partial charge in [-0.3, -0.25) is 4.79 Å². The molecular weight excluding hydrogens is 262 g/mol. The molecule has 0 heterocycles. The number of ether oxygens (including phenoxy) is 1. The average molecular weight is 285 g/mol. The number of carbonyl (C=O) groups excluding carboxylic acids is 1. The molecule has 0 saturated heterocycles. The monoisotopic (exact) mass is 285 g/mol.